The van der Waals surface area contributed by atoms with E-state index in [-0.39, 0.29) is 18.7 Å². The van der Waals surface area contributed by atoms with Gasteiger partial charge in [0, 0.05) is 25.0 Å². The number of hydrogen-bond donors (Lipinski definition) is 1. The summed E-state index contributed by atoms with van der Waals surface area (Å²) in [4.78, 5) is 28.2. The Bertz CT molecular complexity index is 1370. The Morgan fingerprint density at radius 1 is 0.892 bits per heavy atom. The van der Waals surface area contributed by atoms with Gasteiger partial charge < -0.3 is 10.2 Å². The third-order valence-electron chi connectivity index (χ3n) is 5.63. The second kappa shape index (κ2) is 12.6. The van der Waals surface area contributed by atoms with Crippen LogP contribution >= 0.6 is 34.8 Å². The van der Waals surface area contributed by atoms with E-state index in [2.05, 4.69) is 5.32 Å². The minimum atomic E-state index is -3.87. The smallest absolute Gasteiger partial charge is 0.244 e. The van der Waals surface area contributed by atoms with Crippen LogP contribution in [0.2, 0.25) is 15.1 Å². The van der Waals surface area contributed by atoms with E-state index in [0.717, 1.165) is 16.1 Å². The van der Waals surface area contributed by atoms with Gasteiger partial charge in [-0.1, -0.05) is 77.3 Å². The summed E-state index contributed by atoms with van der Waals surface area (Å²) in [6.45, 7) is -0.545. The highest BCUT2D eigenvalue weighted by Gasteiger charge is 2.32. The first-order valence-electron chi connectivity index (χ1n) is 11.2. The average Bonchev–Trinajstić information content (AvgIpc) is 2.86. The molecule has 37 heavy (non-hydrogen) atoms. The Labute approximate surface area is 232 Å². The van der Waals surface area contributed by atoms with E-state index >= 15 is 0 Å². The van der Waals surface area contributed by atoms with Crippen molar-refractivity contribution in [3.63, 3.8) is 0 Å². The second-order valence-corrected chi connectivity index (χ2v) is 11.5. The van der Waals surface area contributed by atoms with Gasteiger partial charge in [-0.2, -0.15) is 0 Å². The molecule has 0 saturated heterocycles. The molecule has 0 saturated carbocycles. The Morgan fingerprint density at radius 3 is 2.19 bits per heavy atom. The molecule has 0 heterocycles. The summed E-state index contributed by atoms with van der Waals surface area (Å²) >= 11 is 18.3. The molecule has 0 fully saturated rings. The molecule has 0 bridgehead atoms. The van der Waals surface area contributed by atoms with Crippen molar-refractivity contribution in [2.75, 3.05) is 24.2 Å². The van der Waals surface area contributed by atoms with Crippen LogP contribution in [0.3, 0.4) is 0 Å². The maximum absolute atomic E-state index is 13.8. The predicted molar refractivity (Wildman–Crippen MR) is 149 cm³/mol. The Morgan fingerprint density at radius 2 is 1.59 bits per heavy atom. The van der Waals surface area contributed by atoms with Gasteiger partial charge in [-0.15, -0.1) is 0 Å². The molecule has 0 radical (unpaired) electrons. The molecule has 0 aliphatic carbocycles. The van der Waals surface area contributed by atoms with Crippen LogP contribution in [-0.4, -0.2) is 51.0 Å². The van der Waals surface area contributed by atoms with Crippen molar-refractivity contribution in [2.24, 2.45) is 0 Å². The van der Waals surface area contributed by atoms with Crippen molar-refractivity contribution in [3.8, 4) is 0 Å². The van der Waals surface area contributed by atoms with Crippen molar-refractivity contribution in [3.05, 3.63) is 99.0 Å². The molecule has 1 N–H and O–H groups in total. The first kappa shape index (κ1) is 28.8. The molecule has 0 spiro atoms. The SMILES string of the molecule is CNC(=O)[C@H](Cc1ccccc1)N(Cc1ccc(Cl)c(Cl)c1)C(=O)CN(c1cccc(Cl)c1)S(C)(=O)=O. The van der Waals surface area contributed by atoms with Crippen molar-refractivity contribution >= 4 is 62.3 Å². The molecule has 3 aromatic rings. The molecular weight excluding hydrogens is 557 g/mol. The van der Waals surface area contributed by atoms with E-state index < -0.39 is 34.4 Å². The molecule has 0 aliphatic rings. The predicted octanol–water partition coefficient (Wildman–Crippen LogP) is 4.80. The number of carbonyl (C=O) groups is 2. The fraction of sp³-hybridized carbons (Fsp3) is 0.231. The number of rotatable bonds is 10. The van der Waals surface area contributed by atoms with Gasteiger partial charge in [0.1, 0.15) is 12.6 Å². The Hall–Kier alpha value is -2.78. The largest absolute Gasteiger partial charge is 0.357 e. The van der Waals surface area contributed by atoms with E-state index in [1.807, 2.05) is 30.3 Å². The van der Waals surface area contributed by atoms with E-state index in [9.17, 15) is 18.0 Å². The van der Waals surface area contributed by atoms with Gasteiger partial charge in [-0.05, 0) is 41.5 Å². The van der Waals surface area contributed by atoms with Crippen molar-refractivity contribution < 1.29 is 18.0 Å². The zero-order valence-corrected chi connectivity index (χ0v) is 23.3. The molecule has 3 aromatic carbocycles. The maximum Gasteiger partial charge on any atom is 0.244 e. The quantitative estimate of drug-likeness (QED) is 0.372. The van der Waals surface area contributed by atoms with Gasteiger partial charge in [-0.3, -0.25) is 13.9 Å². The molecule has 3 rings (SSSR count). The van der Waals surface area contributed by atoms with Gasteiger partial charge >= 0.3 is 0 Å². The summed E-state index contributed by atoms with van der Waals surface area (Å²) in [5.74, 6) is -0.980. The maximum atomic E-state index is 13.8. The molecule has 2 amide bonds. The topological polar surface area (TPSA) is 86.8 Å². The van der Waals surface area contributed by atoms with Crippen molar-refractivity contribution in [1.29, 1.82) is 0 Å². The van der Waals surface area contributed by atoms with Crippen molar-refractivity contribution in [1.82, 2.24) is 10.2 Å². The molecule has 11 heteroatoms. The molecule has 0 aliphatic heterocycles. The first-order chi connectivity index (χ1) is 17.5. The van der Waals surface area contributed by atoms with Crippen LogP contribution in [0, 0.1) is 0 Å². The van der Waals surface area contributed by atoms with E-state index in [4.69, 9.17) is 34.8 Å². The number of nitrogens with zero attached hydrogens (tertiary/aromatic N) is 2. The van der Waals surface area contributed by atoms with E-state index in [1.54, 1.807) is 36.4 Å². The molecule has 196 valence electrons. The monoisotopic (exact) mass is 581 g/mol. The summed E-state index contributed by atoms with van der Waals surface area (Å²) in [5, 5.41) is 3.58. The number of sulfonamides is 1. The van der Waals surface area contributed by atoms with Crippen LogP contribution in [0.4, 0.5) is 5.69 Å². The van der Waals surface area contributed by atoms with Gasteiger partial charge in [-0.25, -0.2) is 8.42 Å². The molecule has 0 unspecified atom stereocenters. The summed E-state index contributed by atoms with van der Waals surface area (Å²) in [5.41, 5.74) is 1.69. The highest BCUT2D eigenvalue weighted by Crippen LogP contribution is 2.26. The minimum absolute atomic E-state index is 0.00616. The van der Waals surface area contributed by atoms with Crippen LogP contribution in [0.1, 0.15) is 11.1 Å². The number of anilines is 1. The van der Waals surface area contributed by atoms with Crippen LogP contribution in [0.25, 0.3) is 0 Å². The lowest BCUT2D eigenvalue weighted by Gasteiger charge is -2.33. The minimum Gasteiger partial charge on any atom is -0.357 e. The lowest BCUT2D eigenvalue weighted by molar-refractivity contribution is -0.139. The van der Waals surface area contributed by atoms with Gasteiger partial charge in [0.2, 0.25) is 21.8 Å². The second-order valence-electron chi connectivity index (χ2n) is 8.34. The number of benzene rings is 3. The summed E-state index contributed by atoms with van der Waals surface area (Å²) < 4.78 is 26.4. The Kier molecular flexibility index (Phi) is 9.84. The number of carbonyl (C=O) groups excluding carboxylic acids is 2. The van der Waals surface area contributed by atoms with Gasteiger partial charge in [0.05, 0.1) is 22.0 Å². The van der Waals surface area contributed by atoms with Crippen molar-refractivity contribution in [2.45, 2.75) is 19.0 Å². The number of amides is 2. The van der Waals surface area contributed by atoms with E-state index in [0.29, 0.717) is 20.6 Å². The first-order valence-corrected chi connectivity index (χ1v) is 14.2. The third kappa shape index (κ3) is 7.85. The number of likely N-dealkylation sites (N-methyl/N-ethyl adjacent to an activating group) is 1. The number of halogens is 3. The third-order valence-corrected chi connectivity index (χ3v) is 7.74. The van der Waals surface area contributed by atoms with Crippen LogP contribution in [0.15, 0.2) is 72.8 Å². The average molecular weight is 583 g/mol. The van der Waals surface area contributed by atoms with Gasteiger partial charge in [0.15, 0.2) is 0 Å². The summed E-state index contributed by atoms with van der Waals surface area (Å²) in [6.07, 6.45) is 1.22. The lowest BCUT2D eigenvalue weighted by Crippen LogP contribution is -2.52. The molecule has 1 atom stereocenters. The summed E-state index contributed by atoms with van der Waals surface area (Å²) in [7, 11) is -2.39. The van der Waals surface area contributed by atoms with Crippen LogP contribution in [0.5, 0.6) is 0 Å². The fourth-order valence-corrected chi connectivity index (χ4v) is 5.15. The standard InChI is InChI=1S/C26H26Cl3N3O4S/c1-30-26(34)24(14-18-7-4-3-5-8-18)31(16-19-11-12-22(28)23(29)13-19)25(33)17-32(37(2,35)36)21-10-6-9-20(27)15-21/h3-13,15,24H,14,16-17H2,1-2H3,(H,30,34)/t24-/m0/s1. The highest BCUT2D eigenvalue weighted by molar-refractivity contribution is 7.92. The van der Waals surface area contributed by atoms with Crippen LogP contribution in [-0.2, 0) is 32.6 Å². The molecular formula is C26H26Cl3N3O4S. The Balaban J connectivity index is 2.04. The van der Waals surface area contributed by atoms with E-state index in [1.165, 1.54) is 18.0 Å². The fourth-order valence-electron chi connectivity index (χ4n) is 3.80. The lowest BCUT2D eigenvalue weighted by atomic mass is 10.0. The number of hydrogen-bond acceptors (Lipinski definition) is 4. The molecule has 7 nitrogen and oxygen atoms in total. The highest BCUT2D eigenvalue weighted by atomic mass is 35.5. The normalized spacial score (nSPS) is 12.0. The van der Waals surface area contributed by atoms with Gasteiger partial charge in [0.25, 0.3) is 0 Å². The summed E-state index contributed by atoms with van der Waals surface area (Å²) in [6, 6.07) is 19.4. The number of nitrogens with one attached hydrogen (secondary N) is 1. The zero-order chi connectivity index (χ0) is 27.2. The molecule has 0 aromatic heterocycles. The van der Waals surface area contributed by atoms with Crippen LogP contribution < -0.4 is 9.62 Å². The zero-order valence-electron chi connectivity index (χ0n) is 20.2.